The van der Waals surface area contributed by atoms with Gasteiger partial charge in [0, 0.05) is 22.3 Å². The second kappa shape index (κ2) is 5.41. The van der Waals surface area contributed by atoms with Crippen molar-refractivity contribution in [2.45, 2.75) is 11.8 Å². The van der Waals surface area contributed by atoms with Crippen molar-refractivity contribution in [3.05, 3.63) is 83.9 Å². The molecule has 0 heterocycles. The van der Waals surface area contributed by atoms with Crippen molar-refractivity contribution in [3.63, 3.8) is 0 Å². The summed E-state index contributed by atoms with van der Waals surface area (Å²) in [7, 11) is 0. The number of fused-ring (bicyclic) bond motifs is 7. The predicted octanol–water partition coefficient (Wildman–Crippen LogP) is 6.43. The first-order chi connectivity index (χ1) is 13.3. The van der Waals surface area contributed by atoms with Crippen LogP contribution in [0.2, 0.25) is 0 Å². The Bertz CT molecular complexity index is 1190. The highest BCUT2D eigenvalue weighted by molar-refractivity contribution is 6.12. The molecule has 0 saturated carbocycles. The van der Waals surface area contributed by atoms with Crippen molar-refractivity contribution in [1.29, 1.82) is 0 Å². The summed E-state index contributed by atoms with van der Waals surface area (Å²) in [6, 6.07) is 18.5. The molecule has 0 aliphatic heterocycles. The Labute approximate surface area is 157 Å². The molecule has 1 nitrogen and oxygen atoms in total. The van der Waals surface area contributed by atoms with Crippen LogP contribution >= 0.6 is 0 Å². The van der Waals surface area contributed by atoms with Gasteiger partial charge in [-0.15, -0.1) is 0 Å². The Kier molecular flexibility index (Phi) is 3.27. The third kappa shape index (κ3) is 2.04. The van der Waals surface area contributed by atoms with Gasteiger partial charge in [-0.05, 0) is 21.5 Å². The lowest BCUT2D eigenvalue weighted by molar-refractivity contribution is -0.171. The third-order valence-electron chi connectivity index (χ3n) is 5.35. The fraction of sp³-hybridized carbons (Fsp3) is 0.0870. The molecule has 0 spiro atoms. The quantitative estimate of drug-likeness (QED) is 0.322. The lowest BCUT2D eigenvalue weighted by Crippen LogP contribution is -2.38. The number of Topliss-reactive ketones (excluding diaryl/α,β-unsaturated/α-hetero) is 1. The maximum absolute atomic E-state index is 15.0. The molecule has 5 heteroatoms. The summed E-state index contributed by atoms with van der Waals surface area (Å²) in [5.41, 5.74) is -1.40. The highest BCUT2D eigenvalue weighted by atomic mass is 19.3. The lowest BCUT2D eigenvalue weighted by atomic mass is 9.87. The number of rotatable bonds is 0. The molecule has 5 rings (SSSR count). The highest BCUT2D eigenvalue weighted by Crippen LogP contribution is 2.53. The Morgan fingerprint density at radius 1 is 0.536 bits per heavy atom. The summed E-state index contributed by atoms with van der Waals surface area (Å²) in [4.78, 5) is 12.3. The molecule has 0 radical (unpaired) electrons. The van der Waals surface area contributed by atoms with E-state index in [9.17, 15) is 4.79 Å². The Morgan fingerprint density at radius 2 is 0.929 bits per heavy atom. The van der Waals surface area contributed by atoms with Gasteiger partial charge in [-0.25, -0.2) is 0 Å². The predicted molar refractivity (Wildman–Crippen MR) is 99.7 cm³/mol. The second-order valence-corrected chi connectivity index (χ2v) is 6.90. The Balaban J connectivity index is 2.10. The van der Waals surface area contributed by atoms with E-state index in [-0.39, 0.29) is 11.1 Å². The van der Waals surface area contributed by atoms with Gasteiger partial charge in [-0.3, -0.25) is 4.79 Å². The molecular weight excluding hydrogens is 368 g/mol. The van der Waals surface area contributed by atoms with Gasteiger partial charge in [0.25, 0.3) is 5.78 Å². The molecule has 4 aromatic carbocycles. The van der Waals surface area contributed by atoms with Crippen LogP contribution in [0.5, 0.6) is 0 Å². The van der Waals surface area contributed by atoms with Gasteiger partial charge in [0.05, 0.1) is 0 Å². The number of carbonyl (C=O) groups excluding carboxylic acids is 1. The summed E-state index contributed by atoms with van der Waals surface area (Å²) < 4.78 is 60.0. The van der Waals surface area contributed by atoms with E-state index in [0.717, 1.165) is 12.1 Å². The standard InChI is InChI=1S/C23H12F4O/c24-22(25)17-11-9-13-5-1-3-7-15(13)19(17)20-16-8-4-2-6-14(16)10-12-18(20)23(26,27)21(22)28/h1-12H. The number of benzene rings is 4. The van der Waals surface area contributed by atoms with Crippen LogP contribution in [0.1, 0.15) is 11.1 Å². The molecule has 1 aliphatic carbocycles. The number of hydrogen-bond acceptors (Lipinski definition) is 1. The van der Waals surface area contributed by atoms with E-state index in [0.29, 0.717) is 21.5 Å². The molecule has 0 saturated heterocycles. The maximum atomic E-state index is 15.0. The highest BCUT2D eigenvalue weighted by Gasteiger charge is 2.59. The van der Waals surface area contributed by atoms with Crippen LogP contribution in [0, 0.1) is 0 Å². The Morgan fingerprint density at radius 3 is 1.36 bits per heavy atom. The normalized spacial score (nSPS) is 17.2. The van der Waals surface area contributed by atoms with Crippen LogP contribution in [0.4, 0.5) is 17.6 Å². The first kappa shape index (κ1) is 16.9. The molecule has 0 bridgehead atoms. The molecule has 0 N–H and O–H groups in total. The summed E-state index contributed by atoms with van der Waals surface area (Å²) in [5.74, 6) is -11.0. The molecule has 138 valence electrons. The third-order valence-corrected chi connectivity index (χ3v) is 5.35. The molecule has 0 aromatic heterocycles. The zero-order valence-corrected chi connectivity index (χ0v) is 14.3. The SMILES string of the molecule is O=C1C(F)(F)c2ccc3ccccc3c2-c2c(ccc3ccccc23)C1(F)F. The van der Waals surface area contributed by atoms with Crippen LogP contribution in [-0.4, -0.2) is 5.78 Å². The van der Waals surface area contributed by atoms with E-state index >= 15 is 17.6 Å². The van der Waals surface area contributed by atoms with Crippen molar-refractivity contribution in [1.82, 2.24) is 0 Å². The zero-order chi connectivity index (χ0) is 19.7. The van der Waals surface area contributed by atoms with Crippen LogP contribution in [0.3, 0.4) is 0 Å². The van der Waals surface area contributed by atoms with E-state index in [1.807, 2.05) is 0 Å². The zero-order valence-electron chi connectivity index (χ0n) is 14.3. The van der Waals surface area contributed by atoms with E-state index < -0.39 is 28.8 Å². The van der Waals surface area contributed by atoms with Gasteiger partial charge in [-0.2, -0.15) is 17.6 Å². The van der Waals surface area contributed by atoms with Gasteiger partial charge in [0.1, 0.15) is 0 Å². The molecule has 0 unspecified atom stereocenters. The van der Waals surface area contributed by atoms with E-state index in [2.05, 4.69) is 0 Å². The van der Waals surface area contributed by atoms with Gasteiger partial charge < -0.3 is 0 Å². The maximum Gasteiger partial charge on any atom is 0.337 e. The topological polar surface area (TPSA) is 17.1 Å². The number of alkyl halides is 4. The minimum atomic E-state index is -4.32. The van der Waals surface area contributed by atoms with E-state index in [1.54, 1.807) is 48.5 Å². The number of carbonyl (C=O) groups is 1. The van der Waals surface area contributed by atoms with Gasteiger partial charge in [0.2, 0.25) is 0 Å². The van der Waals surface area contributed by atoms with Crippen LogP contribution < -0.4 is 0 Å². The summed E-state index contributed by atoms with van der Waals surface area (Å²) >= 11 is 0. The van der Waals surface area contributed by atoms with Crippen molar-refractivity contribution in [2.24, 2.45) is 0 Å². The first-order valence-corrected chi connectivity index (χ1v) is 8.69. The number of ketones is 1. The van der Waals surface area contributed by atoms with Crippen molar-refractivity contribution in [3.8, 4) is 11.1 Å². The molecule has 0 amide bonds. The summed E-state index contributed by atoms with van der Waals surface area (Å²) in [5, 5.41) is 2.08. The van der Waals surface area contributed by atoms with Crippen molar-refractivity contribution < 1.29 is 22.4 Å². The molecule has 1 aliphatic rings. The minimum Gasteiger partial charge on any atom is -0.285 e. The second-order valence-electron chi connectivity index (χ2n) is 6.90. The molecule has 28 heavy (non-hydrogen) atoms. The largest absolute Gasteiger partial charge is 0.337 e. The minimum absolute atomic E-state index is 0.0135. The lowest BCUT2D eigenvalue weighted by Gasteiger charge is -2.20. The van der Waals surface area contributed by atoms with Crippen LogP contribution in [-0.2, 0) is 16.6 Å². The van der Waals surface area contributed by atoms with Crippen molar-refractivity contribution >= 4 is 27.3 Å². The summed E-state index contributed by atoms with van der Waals surface area (Å²) in [6.45, 7) is 0. The summed E-state index contributed by atoms with van der Waals surface area (Å²) in [6.07, 6.45) is 0. The Hall–Kier alpha value is -3.21. The van der Waals surface area contributed by atoms with Gasteiger partial charge in [0.15, 0.2) is 0 Å². The molecule has 0 atom stereocenters. The van der Waals surface area contributed by atoms with Crippen LogP contribution in [0.15, 0.2) is 72.8 Å². The fourth-order valence-corrected chi connectivity index (χ4v) is 4.05. The van der Waals surface area contributed by atoms with Crippen LogP contribution in [0.25, 0.3) is 32.7 Å². The van der Waals surface area contributed by atoms with Gasteiger partial charge in [-0.1, -0.05) is 72.8 Å². The average molecular weight is 380 g/mol. The molecule has 4 aromatic rings. The first-order valence-electron chi connectivity index (χ1n) is 8.69. The monoisotopic (exact) mass is 380 g/mol. The number of hydrogen-bond donors (Lipinski definition) is 0. The fourth-order valence-electron chi connectivity index (χ4n) is 4.05. The molecular formula is C23H12F4O. The smallest absolute Gasteiger partial charge is 0.285 e. The van der Waals surface area contributed by atoms with Crippen molar-refractivity contribution in [2.75, 3.05) is 0 Å². The average Bonchev–Trinajstić information content (AvgIpc) is 2.75. The number of halogens is 4. The van der Waals surface area contributed by atoms with E-state index in [1.165, 1.54) is 12.1 Å². The van der Waals surface area contributed by atoms with Gasteiger partial charge >= 0.3 is 11.8 Å². The van der Waals surface area contributed by atoms with E-state index in [4.69, 9.17) is 0 Å². The molecule has 0 fully saturated rings.